The summed E-state index contributed by atoms with van der Waals surface area (Å²) in [4.78, 5) is 18.9. The Morgan fingerprint density at radius 1 is 1.37 bits per heavy atom. The van der Waals surface area contributed by atoms with Gasteiger partial charge in [-0.25, -0.2) is 4.98 Å². The average molecular weight is 411 g/mol. The third kappa shape index (κ3) is 5.84. The summed E-state index contributed by atoms with van der Waals surface area (Å²) in [7, 11) is 3.29. The van der Waals surface area contributed by atoms with Crippen molar-refractivity contribution in [1.82, 2.24) is 9.88 Å². The number of ether oxygens (including phenoxy) is 2. The number of rotatable bonds is 9. The second-order valence-electron chi connectivity index (χ2n) is 6.77. The molecule has 0 N–H and O–H groups in total. The third-order valence-corrected chi connectivity index (χ3v) is 5.39. The molecule has 0 bridgehead atoms. The van der Waals surface area contributed by atoms with Crippen molar-refractivity contribution in [2.24, 2.45) is 5.92 Å². The lowest BCUT2D eigenvalue weighted by Crippen LogP contribution is -2.26. The Hall–Kier alpha value is -1.79. The van der Waals surface area contributed by atoms with Crippen molar-refractivity contribution >= 4 is 28.8 Å². The van der Waals surface area contributed by atoms with Crippen LogP contribution in [0.25, 0.3) is 0 Å². The van der Waals surface area contributed by atoms with Crippen molar-refractivity contribution in [2.45, 2.75) is 40.2 Å². The molecule has 1 aromatic heterocycles. The van der Waals surface area contributed by atoms with E-state index in [0.717, 1.165) is 23.5 Å². The first-order valence-corrected chi connectivity index (χ1v) is 10.3. The molecule has 0 saturated carbocycles. The fraction of sp³-hybridized carbons (Fsp3) is 0.500. The number of benzene rings is 1. The fourth-order valence-corrected chi connectivity index (χ4v) is 3.50. The van der Waals surface area contributed by atoms with Crippen LogP contribution in [-0.2, 0) is 13.0 Å². The molecular weight excluding hydrogens is 384 g/mol. The molecule has 2 aromatic rings. The maximum atomic E-state index is 12.8. The standard InChI is InChI=1S/C20H27ClN2O3S/c1-6-18-22-15(12-27-18)11-23(4)20(24)14-9-16(21)19(17(10-14)25-5)26-8-7-13(2)3/h9-10,12-13H,6-8,11H2,1-5H3. The minimum atomic E-state index is -0.144. The molecular formula is C20H27ClN2O3S. The van der Waals surface area contributed by atoms with Crippen LogP contribution >= 0.6 is 22.9 Å². The summed E-state index contributed by atoms with van der Waals surface area (Å²) in [6.45, 7) is 7.32. The highest BCUT2D eigenvalue weighted by Crippen LogP contribution is 2.37. The second kappa shape index (κ2) is 9.95. The third-order valence-electron chi connectivity index (χ3n) is 4.07. The van der Waals surface area contributed by atoms with Crippen LogP contribution in [0, 0.1) is 5.92 Å². The lowest BCUT2D eigenvalue weighted by molar-refractivity contribution is 0.0783. The van der Waals surface area contributed by atoms with Crippen LogP contribution in [-0.4, -0.2) is 36.6 Å². The first kappa shape index (κ1) is 21.5. The Morgan fingerprint density at radius 3 is 2.70 bits per heavy atom. The number of amides is 1. The number of methoxy groups -OCH3 is 1. The molecule has 148 valence electrons. The Labute approximate surface area is 170 Å². The van der Waals surface area contributed by atoms with E-state index in [1.165, 1.54) is 0 Å². The van der Waals surface area contributed by atoms with Gasteiger partial charge in [0.15, 0.2) is 11.5 Å². The van der Waals surface area contributed by atoms with E-state index in [4.69, 9.17) is 21.1 Å². The van der Waals surface area contributed by atoms with Gasteiger partial charge in [-0.3, -0.25) is 4.79 Å². The number of hydrogen-bond donors (Lipinski definition) is 0. The number of aromatic nitrogens is 1. The Bertz CT molecular complexity index is 777. The monoisotopic (exact) mass is 410 g/mol. The maximum absolute atomic E-state index is 12.8. The number of halogens is 1. The molecule has 0 radical (unpaired) electrons. The second-order valence-corrected chi connectivity index (χ2v) is 8.12. The quantitative estimate of drug-likeness (QED) is 0.579. The van der Waals surface area contributed by atoms with E-state index in [9.17, 15) is 4.79 Å². The minimum absolute atomic E-state index is 0.144. The van der Waals surface area contributed by atoms with Gasteiger partial charge in [-0.05, 0) is 30.9 Å². The lowest BCUT2D eigenvalue weighted by Gasteiger charge is -2.18. The number of carbonyl (C=O) groups is 1. The van der Waals surface area contributed by atoms with Crippen molar-refractivity contribution in [2.75, 3.05) is 20.8 Å². The van der Waals surface area contributed by atoms with Crippen molar-refractivity contribution in [3.8, 4) is 11.5 Å². The highest BCUT2D eigenvalue weighted by molar-refractivity contribution is 7.09. The van der Waals surface area contributed by atoms with E-state index >= 15 is 0 Å². The predicted molar refractivity (Wildman–Crippen MR) is 110 cm³/mol. The van der Waals surface area contributed by atoms with E-state index in [0.29, 0.717) is 41.2 Å². The van der Waals surface area contributed by atoms with Crippen LogP contribution in [0.15, 0.2) is 17.5 Å². The number of aryl methyl sites for hydroxylation is 1. The molecule has 0 fully saturated rings. The minimum Gasteiger partial charge on any atom is -0.493 e. The smallest absolute Gasteiger partial charge is 0.254 e. The molecule has 0 aliphatic carbocycles. The summed E-state index contributed by atoms with van der Waals surface area (Å²) in [5, 5.41) is 3.43. The van der Waals surface area contributed by atoms with Crippen LogP contribution < -0.4 is 9.47 Å². The van der Waals surface area contributed by atoms with Gasteiger partial charge in [-0.1, -0.05) is 32.4 Å². The summed E-state index contributed by atoms with van der Waals surface area (Å²) in [5.41, 5.74) is 1.35. The van der Waals surface area contributed by atoms with Gasteiger partial charge < -0.3 is 14.4 Å². The zero-order valence-corrected chi connectivity index (χ0v) is 18.1. The molecule has 27 heavy (non-hydrogen) atoms. The number of thiazole rings is 1. The molecule has 2 rings (SSSR count). The largest absolute Gasteiger partial charge is 0.493 e. The molecule has 1 amide bonds. The van der Waals surface area contributed by atoms with Crippen molar-refractivity contribution in [1.29, 1.82) is 0 Å². The number of hydrogen-bond acceptors (Lipinski definition) is 5. The van der Waals surface area contributed by atoms with Crippen LogP contribution in [0.4, 0.5) is 0 Å². The number of nitrogens with zero attached hydrogens (tertiary/aromatic N) is 2. The summed E-state index contributed by atoms with van der Waals surface area (Å²) < 4.78 is 11.2. The zero-order valence-electron chi connectivity index (χ0n) is 16.5. The van der Waals surface area contributed by atoms with Gasteiger partial charge >= 0.3 is 0 Å². The highest BCUT2D eigenvalue weighted by atomic mass is 35.5. The van der Waals surface area contributed by atoms with Gasteiger partial charge in [0.1, 0.15) is 0 Å². The summed E-state index contributed by atoms with van der Waals surface area (Å²) in [6, 6.07) is 3.31. The van der Waals surface area contributed by atoms with Crippen molar-refractivity contribution in [3.05, 3.63) is 38.8 Å². The lowest BCUT2D eigenvalue weighted by atomic mass is 10.1. The molecule has 0 unspecified atom stereocenters. The van der Waals surface area contributed by atoms with Gasteiger partial charge in [0.05, 0.1) is 36.0 Å². The highest BCUT2D eigenvalue weighted by Gasteiger charge is 2.19. The number of carbonyl (C=O) groups excluding carboxylic acids is 1. The molecule has 1 aromatic carbocycles. The van der Waals surface area contributed by atoms with Gasteiger partial charge in [0.25, 0.3) is 5.91 Å². The predicted octanol–water partition coefficient (Wildman–Crippen LogP) is 5.06. The topological polar surface area (TPSA) is 51.7 Å². The Morgan fingerprint density at radius 2 is 2.11 bits per heavy atom. The summed E-state index contributed by atoms with van der Waals surface area (Å²) >= 11 is 7.99. The molecule has 0 aliphatic heterocycles. The van der Waals surface area contributed by atoms with Crippen LogP contribution in [0.1, 0.15) is 48.3 Å². The SMILES string of the molecule is CCc1nc(CN(C)C(=O)c2cc(Cl)c(OCCC(C)C)c(OC)c2)cs1. The average Bonchev–Trinajstić information content (AvgIpc) is 3.09. The molecule has 7 heteroatoms. The summed E-state index contributed by atoms with van der Waals surface area (Å²) in [5.74, 6) is 1.33. The van der Waals surface area contributed by atoms with Gasteiger partial charge in [0, 0.05) is 18.0 Å². The fourth-order valence-electron chi connectivity index (χ4n) is 2.50. The molecule has 0 spiro atoms. The normalized spacial score (nSPS) is 10.9. The van der Waals surface area contributed by atoms with E-state index in [2.05, 4.69) is 25.8 Å². The Kier molecular flexibility index (Phi) is 7.92. The molecule has 1 heterocycles. The van der Waals surface area contributed by atoms with Gasteiger partial charge in [-0.2, -0.15) is 0 Å². The Balaban J connectivity index is 2.14. The summed E-state index contributed by atoms with van der Waals surface area (Å²) in [6.07, 6.45) is 1.81. The van der Waals surface area contributed by atoms with E-state index in [-0.39, 0.29) is 5.91 Å². The van der Waals surface area contributed by atoms with E-state index < -0.39 is 0 Å². The van der Waals surface area contributed by atoms with Crippen molar-refractivity contribution in [3.63, 3.8) is 0 Å². The zero-order chi connectivity index (χ0) is 20.0. The first-order valence-electron chi connectivity index (χ1n) is 9.04. The van der Waals surface area contributed by atoms with Gasteiger partial charge in [0.2, 0.25) is 0 Å². The first-order chi connectivity index (χ1) is 12.8. The molecule has 0 aliphatic rings. The molecule has 5 nitrogen and oxygen atoms in total. The van der Waals surface area contributed by atoms with Crippen LogP contribution in [0.2, 0.25) is 5.02 Å². The molecule has 0 atom stereocenters. The van der Waals surface area contributed by atoms with Crippen LogP contribution in [0.5, 0.6) is 11.5 Å². The molecule has 0 saturated heterocycles. The van der Waals surface area contributed by atoms with Crippen LogP contribution in [0.3, 0.4) is 0 Å². The van der Waals surface area contributed by atoms with E-state index in [1.807, 2.05) is 5.38 Å². The maximum Gasteiger partial charge on any atom is 0.254 e. The van der Waals surface area contributed by atoms with E-state index in [1.54, 1.807) is 42.5 Å². The van der Waals surface area contributed by atoms with Gasteiger partial charge in [-0.15, -0.1) is 11.3 Å². The van der Waals surface area contributed by atoms with Crippen molar-refractivity contribution < 1.29 is 14.3 Å².